The van der Waals surface area contributed by atoms with Crippen molar-refractivity contribution in [1.82, 2.24) is 0 Å². The lowest BCUT2D eigenvalue weighted by Gasteiger charge is -2.03. The third kappa shape index (κ3) is 15.3. The van der Waals surface area contributed by atoms with Crippen LogP contribution in [0, 0.1) is 0 Å². The molecule has 0 aliphatic heterocycles. The fraction of sp³-hybridized carbons (Fsp3) is 0.833. The van der Waals surface area contributed by atoms with Gasteiger partial charge in [0.05, 0.1) is 0 Å². The first-order valence-electron chi connectivity index (χ1n) is 8.57. The van der Waals surface area contributed by atoms with E-state index in [1.54, 1.807) is 0 Å². The van der Waals surface area contributed by atoms with Crippen molar-refractivity contribution < 1.29 is 9.90 Å². The molecule has 0 aliphatic carbocycles. The Hall–Kier alpha value is -0.790. The zero-order valence-corrected chi connectivity index (χ0v) is 13.6. The second-order valence-electron chi connectivity index (χ2n) is 5.97. The van der Waals surface area contributed by atoms with E-state index in [9.17, 15) is 4.79 Å². The lowest BCUT2D eigenvalue weighted by atomic mass is 10.0. The summed E-state index contributed by atoms with van der Waals surface area (Å²) >= 11 is 0. The molecule has 20 heavy (non-hydrogen) atoms. The van der Waals surface area contributed by atoms with Crippen molar-refractivity contribution in [3.05, 3.63) is 11.6 Å². The molecule has 2 nitrogen and oxygen atoms in total. The highest BCUT2D eigenvalue weighted by Crippen LogP contribution is 2.13. The topological polar surface area (TPSA) is 37.3 Å². The number of carboxylic acid groups (broad SMARTS) is 1. The smallest absolute Gasteiger partial charge is 0.328 e. The molecule has 1 N–H and O–H groups in total. The Morgan fingerprint density at radius 3 is 1.60 bits per heavy atom. The van der Waals surface area contributed by atoms with Gasteiger partial charge in [0.25, 0.3) is 0 Å². The number of hydrogen-bond donors (Lipinski definition) is 1. The molecule has 0 unspecified atom stereocenters. The van der Waals surface area contributed by atoms with Gasteiger partial charge in [0.15, 0.2) is 0 Å². The molecule has 118 valence electrons. The van der Waals surface area contributed by atoms with Crippen LogP contribution in [0.4, 0.5) is 0 Å². The highest BCUT2D eigenvalue weighted by Gasteiger charge is 1.96. The Labute approximate surface area is 125 Å². The molecule has 0 saturated heterocycles. The number of unbranched alkanes of at least 4 members (excludes halogenated alkanes) is 11. The van der Waals surface area contributed by atoms with Crippen LogP contribution in [0.1, 0.15) is 97.3 Å². The third-order valence-electron chi connectivity index (χ3n) is 3.79. The van der Waals surface area contributed by atoms with Crippen LogP contribution in [0.25, 0.3) is 0 Å². The number of allylic oxidation sites excluding steroid dienone is 1. The lowest BCUT2D eigenvalue weighted by Crippen LogP contribution is -1.90. The molecule has 0 aromatic rings. The van der Waals surface area contributed by atoms with E-state index in [1.165, 1.54) is 76.7 Å². The number of aliphatic carboxylic acids is 1. The average molecular weight is 282 g/mol. The molecule has 0 bridgehead atoms. The first-order valence-corrected chi connectivity index (χ1v) is 8.57. The molecule has 0 fully saturated rings. The Balaban J connectivity index is 3.15. The summed E-state index contributed by atoms with van der Waals surface area (Å²) in [5.74, 6) is -0.818. The molecule has 0 spiro atoms. The fourth-order valence-electron chi connectivity index (χ4n) is 2.53. The maximum Gasteiger partial charge on any atom is 0.328 e. The van der Waals surface area contributed by atoms with Gasteiger partial charge in [0.1, 0.15) is 0 Å². The second kappa shape index (κ2) is 14.6. The number of hydrogen-bond acceptors (Lipinski definition) is 1. The van der Waals surface area contributed by atoms with E-state index in [4.69, 9.17) is 5.11 Å². The standard InChI is InChI=1S/C18H34O2/c1-3-4-5-6-7-8-9-10-11-12-13-14-15-17(2)16-18(19)20/h16H,3-15H2,1-2H3,(H,19,20). The van der Waals surface area contributed by atoms with E-state index < -0.39 is 5.97 Å². The molecule has 0 atom stereocenters. The number of carbonyl (C=O) groups is 1. The van der Waals surface area contributed by atoms with Gasteiger partial charge in [0.2, 0.25) is 0 Å². The highest BCUT2D eigenvalue weighted by atomic mass is 16.4. The summed E-state index contributed by atoms with van der Waals surface area (Å²) in [4.78, 5) is 10.5. The van der Waals surface area contributed by atoms with Crippen LogP contribution in [-0.4, -0.2) is 11.1 Å². The number of carboxylic acids is 1. The SMILES string of the molecule is CCCCCCCCCCCCCCC(C)=CC(=O)O. The van der Waals surface area contributed by atoms with E-state index in [1.807, 2.05) is 6.92 Å². The van der Waals surface area contributed by atoms with Crippen molar-refractivity contribution in [2.24, 2.45) is 0 Å². The van der Waals surface area contributed by atoms with Crippen molar-refractivity contribution in [2.75, 3.05) is 0 Å². The predicted octanol–water partition coefficient (Wildman–Crippen LogP) is 6.11. The van der Waals surface area contributed by atoms with Gasteiger partial charge in [-0.2, -0.15) is 0 Å². The Morgan fingerprint density at radius 2 is 1.20 bits per heavy atom. The van der Waals surface area contributed by atoms with Crippen LogP contribution >= 0.6 is 0 Å². The van der Waals surface area contributed by atoms with Crippen molar-refractivity contribution in [2.45, 2.75) is 97.3 Å². The highest BCUT2D eigenvalue weighted by molar-refractivity contribution is 5.80. The molecule has 0 radical (unpaired) electrons. The first kappa shape index (κ1) is 19.2. The normalized spacial score (nSPS) is 11.8. The molecule has 0 heterocycles. The van der Waals surface area contributed by atoms with E-state index in [0.29, 0.717) is 0 Å². The minimum Gasteiger partial charge on any atom is -0.478 e. The molecule has 0 aromatic heterocycles. The van der Waals surface area contributed by atoms with Gasteiger partial charge in [-0.05, 0) is 19.8 Å². The summed E-state index contributed by atoms with van der Waals surface area (Å²) in [6, 6.07) is 0. The van der Waals surface area contributed by atoms with E-state index in [-0.39, 0.29) is 0 Å². The van der Waals surface area contributed by atoms with E-state index in [0.717, 1.165) is 18.4 Å². The summed E-state index contributed by atoms with van der Waals surface area (Å²) in [6.07, 6.45) is 18.4. The van der Waals surface area contributed by atoms with Gasteiger partial charge in [-0.15, -0.1) is 0 Å². The van der Waals surface area contributed by atoms with E-state index >= 15 is 0 Å². The van der Waals surface area contributed by atoms with Crippen molar-refractivity contribution in [3.63, 3.8) is 0 Å². The second-order valence-corrected chi connectivity index (χ2v) is 5.97. The zero-order valence-electron chi connectivity index (χ0n) is 13.6. The minimum atomic E-state index is -0.818. The van der Waals surface area contributed by atoms with Gasteiger partial charge in [0, 0.05) is 6.08 Å². The monoisotopic (exact) mass is 282 g/mol. The summed E-state index contributed by atoms with van der Waals surface area (Å²) in [5, 5.41) is 8.60. The molecular formula is C18H34O2. The molecule has 0 amide bonds. The molecular weight excluding hydrogens is 248 g/mol. The Kier molecular flexibility index (Phi) is 14.0. The summed E-state index contributed by atoms with van der Waals surface area (Å²) in [5.41, 5.74) is 0.990. The van der Waals surface area contributed by atoms with Crippen LogP contribution in [0.15, 0.2) is 11.6 Å². The zero-order chi connectivity index (χ0) is 15.1. The molecule has 0 rings (SSSR count). The van der Waals surface area contributed by atoms with Gasteiger partial charge in [-0.3, -0.25) is 0 Å². The molecule has 0 saturated carbocycles. The van der Waals surface area contributed by atoms with Crippen LogP contribution < -0.4 is 0 Å². The summed E-state index contributed by atoms with van der Waals surface area (Å²) in [7, 11) is 0. The van der Waals surface area contributed by atoms with E-state index in [2.05, 4.69) is 6.92 Å². The summed E-state index contributed by atoms with van der Waals surface area (Å²) < 4.78 is 0. The van der Waals surface area contributed by atoms with Crippen molar-refractivity contribution in [3.8, 4) is 0 Å². The van der Waals surface area contributed by atoms with Crippen LogP contribution in [-0.2, 0) is 4.79 Å². The van der Waals surface area contributed by atoms with Crippen LogP contribution in [0.2, 0.25) is 0 Å². The minimum absolute atomic E-state index is 0.818. The Morgan fingerprint density at radius 1 is 0.800 bits per heavy atom. The quantitative estimate of drug-likeness (QED) is 0.308. The average Bonchev–Trinajstić information content (AvgIpc) is 2.39. The van der Waals surface area contributed by atoms with Crippen LogP contribution in [0.5, 0.6) is 0 Å². The largest absolute Gasteiger partial charge is 0.478 e. The Bertz CT molecular complexity index is 256. The van der Waals surface area contributed by atoms with Gasteiger partial charge in [-0.25, -0.2) is 4.79 Å². The summed E-state index contributed by atoms with van der Waals surface area (Å²) in [6.45, 7) is 4.17. The van der Waals surface area contributed by atoms with Gasteiger partial charge < -0.3 is 5.11 Å². The lowest BCUT2D eigenvalue weighted by molar-refractivity contribution is -0.131. The first-order chi connectivity index (χ1) is 9.66. The van der Waals surface area contributed by atoms with Crippen molar-refractivity contribution >= 4 is 5.97 Å². The molecule has 0 aromatic carbocycles. The number of rotatable bonds is 14. The van der Waals surface area contributed by atoms with Crippen molar-refractivity contribution in [1.29, 1.82) is 0 Å². The molecule has 0 aliphatic rings. The molecule has 2 heteroatoms. The predicted molar refractivity (Wildman–Crippen MR) is 87.1 cm³/mol. The fourth-order valence-corrected chi connectivity index (χ4v) is 2.53. The maximum absolute atomic E-state index is 10.5. The van der Waals surface area contributed by atoms with Crippen LogP contribution in [0.3, 0.4) is 0 Å². The van der Waals surface area contributed by atoms with Gasteiger partial charge in [-0.1, -0.05) is 83.1 Å². The third-order valence-corrected chi connectivity index (χ3v) is 3.79. The maximum atomic E-state index is 10.5. The van der Waals surface area contributed by atoms with Gasteiger partial charge >= 0.3 is 5.97 Å².